The van der Waals surface area contributed by atoms with Gasteiger partial charge in [-0.2, -0.15) is 0 Å². The number of amides is 3. The Kier molecular flexibility index (Phi) is 7.36. The van der Waals surface area contributed by atoms with Gasteiger partial charge in [0.05, 0.1) is 0 Å². The largest absolute Gasteiger partial charge is 0.391 e. The van der Waals surface area contributed by atoms with E-state index in [4.69, 9.17) is 0 Å². The van der Waals surface area contributed by atoms with Crippen LogP contribution in [0.4, 0.5) is 4.79 Å². The summed E-state index contributed by atoms with van der Waals surface area (Å²) >= 11 is 0. The first-order valence-electron chi connectivity index (χ1n) is 7.41. The highest BCUT2D eigenvalue weighted by Crippen LogP contribution is 2.17. The van der Waals surface area contributed by atoms with Gasteiger partial charge in [-0.3, -0.25) is 4.79 Å². The van der Waals surface area contributed by atoms with Crippen molar-refractivity contribution in [2.75, 3.05) is 33.2 Å². The van der Waals surface area contributed by atoms with Crippen LogP contribution in [0.15, 0.2) is 24.4 Å². The molecule has 0 aliphatic carbocycles. The van der Waals surface area contributed by atoms with Crippen LogP contribution in [-0.4, -0.2) is 50.1 Å². The minimum atomic E-state index is -0.0728. The summed E-state index contributed by atoms with van der Waals surface area (Å²) in [7, 11) is 1.62. The van der Waals surface area contributed by atoms with Crippen LogP contribution in [0.25, 0.3) is 0 Å². The van der Waals surface area contributed by atoms with E-state index < -0.39 is 0 Å². The molecule has 0 unspecified atom stereocenters. The number of hydrogen-bond acceptors (Lipinski definition) is 3. The molecule has 0 aromatic rings. The molecule has 1 saturated heterocycles. The molecule has 0 radical (unpaired) electrons. The van der Waals surface area contributed by atoms with Gasteiger partial charge in [-0.25, -0.2) is 4.79 Å². The molecule has 118 valence electrons. The van der Waals surface area contributed by atoms with E-state index in [1.165, 1.54) is 0 Å². The highest BCUT2D eigenvalue weighted by Gasteiger charge is 2.26. The van der Waals surface area contributed by atoms with Gasteiger partial charge in [0.1, 0.15) is 0 Å². The highest BCUT2D eigenvalue weighted by atomic mass is 16.2. The zero-order valence-corrected chi connectivity index (χ0v) is 12.9. The topological polar surface area (TPSA) is 73.5 Å². The quantitative estimate of drug-likeness (QED) is 0.635. The first kappa shape index (κ1) is 17.1. The van der Waals surface area contributed by atoms with Crippen LogP contribution in [0.2, 0.25) is 0 Å². The Morgan fingerprint density at radius 1 is 1.33 bits per heavy atom. The van der Waals surface area contributed by atoms with E-state index in [2.05, 4.69) is 22.5 Å². The van der Waals surface area contributed by atoms with Crippen LogP contribution < -0.4 is 16.0 Å². The third-order valence-electron chi connectivity index (χ3n) is 3.59. The number of nitrogens with zero attached hydrogens (tertiary/aromatic N) is 1. The van der Waals surface area contributed by atoms with Crippen LogP contribution in [-0.2, 0) is 4.79 Å². The minimum absolute atomic E-state index is 0.0175. The first-order valence-corrected chi connectivity index (χ1v) is 7.41. The summed E-state index contributed by atoms with van der Waals surface area (Å²) in [4.78, 5) is 25.4. The van der Waals surface area contributed by atoms with Gasteiger partial charge in [0.15, 0.2) is 0 Å². The molecule has 0 aromatic heterocycles. The zero-order chi connectivity index (χ0) is 15.7. The molecule has 0 aromatic carbocycles. The molecule has 6 nitrogen and oxygen atoms in total. The van der Waals surface area contributed by atoms with Crippen molar-refractivity contribution < 1.29 is 9.59 Å². The van der Waals surface area contributed by atoms with Crippen molar-refractivity contribution in [2.45, 2.75) is 19.8 Å². The van der Waals surface area contributed by atoms with Gasteiger partial charge in [-0.15, -0.1) is 0 Å². The standard InChI is InChI=1S/C15H26N4O2/c1-4-12(10-17-5-2)11-18-14(20)13-6-8-19(9-7-13)15(21)16-3/h4,10,13,17H,1,5-9,11H2,2-3H3,(H,16,21)(H,18,20)/b12-10+. The molecule has 0 bridgehead atoms. The molecule has 21 heavy (non-hydrogen) atoms. The van der Waals surface area contributed by atoms with Crippen LogP contribution in [0.5, 0.6) is 0 Å². The predicted octanol–water partition coefficient (Wildman–Crippen LogP) is 0.833. The number of urea groups is 1. The number of carbonyl (C=O) groups excluding carboxylic acids is 2. The molecule has 1 aliphatic heterocycles. The molecule has 1 aliphatic rings. The van der Waals surface area contributed by atoms with Crippen molar-refractivity contribution >= 4 is 11.9 Å². The second-order valence-electron chi connectivity index (χ2n) is 5.02. The fourth-order valence-electron chi connectivity index (χ4n) is 2.25. The molecule has 1 heterocycles. The van der Waals surface area contributed by atoms with Crippen molar-refractivity contribution in [3.63, 3.8) is 0 Å². The van der Waals surface area contributed by atoms with Crippen LogP contribution in [0.1, 0.15) is 19.8 Å². The minimum Gasteiger partial charge on any atom is -0.391 e. The second kappa shape index (κ2) is 9.05. The van der Waals surface area contributed by atoms with Crippen molar-refractivity contribution in [3.05, 3.63) is 24.4 Å². The average molecular weight is 294 g/mol. The van der Waals surface area contributed by atoms with Crippen molar-refractivity contribution in [2.24, 2.45) is 5.92 Å². The van der Waals surface area contributed by atoms with Crippen LogP contribution >= 0.6 is 0 Å². The number of rotatable bonds is 6. The monoisotopic (exact) mass is 294 g/mol. The SMILES string of the molecule is C=C/C(=C\NCC)CNC(=O)C1CCN(C(=O)NC)CC1. The first-order chi connectivity index (χ1) is 10.1. The van der Waals surface area contributed by atoms with Crippen LogP contribution in [0, 0.1) is 5.92 Å². The number of piperidine rings is 1. The predicted molar refractivity (Wildman–Crippen MR) is 83.7 cm³/mol. The van der Waals surface area contributed by atoms with Crippen molar-refractivity contribution in [1.82, 2.24) is 20.9 Å². The van der Waals surface area contributed by atoms with Crippen molar-refractivity contribution in [1.29, 1.82) is 0 Å². The molecule has 3 amide bonds. The number of hydrogen-bond donors (Lipinski definition) is 3. The fraction of sp³-hybridized carbons (Fsp3) is 0.600. The molecule has 3 N–H and O–H groups in total. The van der Waals surface area contributed by atoms with E-state index in [9.17, 15) is 9.59 Å². The summed E-state index contributed by atoms with van der Waals surface area (Å²) in [6, 6.07) is -0.0728. The Morgan fingerprint density at radius 3 is 2.52 bits per heavy atom. The Hall–Kier alpha value is -1.98. The van der Waals surface area contributed by atoms with E-state index in [1.807, 2.05) is 13.1 Å². The molecular formula is C15H26N4O2. The van der Waals surface area contributed by atoms with E-state index in [1.54, 1.807) is 18.0 Å². The summed E-state index contributed by atoms with van der Waals surface area (Å²) in [5.74, 6) is 0.0342. The number of nitrogens with one attached hydrogen (secondary N) is 3. The number of likely N-dealkylation sites (tertiary alicyclic amines) is 1. The van der Waals surface area contributed by atoms with Gasteiger partial charge in [-0.05, 0) is 25.3 Å². The normalized spacial score (nSPS) is 16.3. The van der Waals surface area contributed by atoms with Gasteiger partial charge >= 0.3 is 6.03 Å². The molecule has 0 atom stereocenters. The van der Waals surface area contributed by atoms with Gasteiger partial charge in [0.25, 0.3) is 0 Å². The lowest BCUT2D eigenvalue weighted by atomic mass is 9.96. The summed E-state index contributed by atoms with van der Waals surface area (Å²) in [5, 5.41) is 8.63. The molecule has 6 heteroatoms. The second-order valence-corrected chi connectivity index (χ2v) is 5.02. The van der Waals surface area contributed by atoms with E-state index in [0.29, 0.717) is 32.5 Å². The summed E-state index contributed by atoms with van der Waals surface area (Å²) in [6.45, 7) is 8.30. The lowest BCUT2D eigenvalue weighted by Crippen LogP contribution is -2.46. The van der Waals surface area contributed by atoms with Crippen molar-refractivity contribution in [3.8, 4) is 0 Å². The Labute approximate surface area is 126 Å². The summed E-state index contributed by atoms with van der Waals surface area (Å²) in [6.07, 6.45) is 5.01. The van der Waals surface area contributed by atoms with Gasteiger partial charge in [-0.1, -0.05) is 12.7 Å². The van der Waals surface area contributed by atoms with Gasteiger partial charge in [0, 0.05) is 45.3 Å². The Balaban J connectivity index is 2.37. The summed E-state index contributed by atoms with van der Waals surface area (Å²) < 4.78 is 0. The lowest BCUT2D eigenvalue weighted by molar-refractivity contribution is -0.126. The van der Waals surface area contributed by atoms with Gasteiger partial charge < -0.3 is 20.9 Å². The third kappa shape index (κ3) is 5.49. The maximum absolute atomic E-state index is 12.1. The van der Waals surface area contributed by atoms with E-state index >= 15 is 0 Å². The third-order valence-corrected chi connectivity index (χ3v) is 3.59. The lowest BCUT2D eigenvalue weighted by Gasteiger charge is -2.31. The molecule has 1 fully saturated rings. The summed E-state index contributed by atoms with van der Waals surface area (Å²) in [5.41, 5.74) is 0.952. The zero-order valence-electron chi connectivity index (χ0n) is 12.9. The molecule has 0 saturated carbocycles. The number of carbonyl (C=O) groups is 2. The van der Waals surface area contributed by atoms with Crippen LogP contribution in [0.3, 0.4) is 0 Å². The Bertz CT molecular complexity index is 398. The fourth-order valence-corrected chi connectivity index (χ4v) is 2.25. The van der Waals surface area contributed by atoms with Gasteiger partial charge in [0.2, 0.25) is 5.91 Å². The molecule has 0 spiro atoms. The highest BCUT2D eigenvalue weighted by molar-refractivity contribution is 5.80. The molecule has 1 rings (SSSR count). The average Bonchev–Trinajstić information content (AvgIpc) is 2.54. The molecular weight excluding hydrogens is 268 g/mol. The maximum Gasteiger partial charge on any atom is 0.317 e. The maximum atomic E-state index is 12.1. The smallest absolute Gasteiger partial charge is 0.317 e. The van der Waals surface area contributed by atoms with E-state index in [-0.39, 0.29) is 17.9 Å². The van der Waals surface area contributed by atoms with E-state index in [0.717, 1.165) is 12.1 Å². The Morgan fingerprint density at radius 2 is 2.00 bits per heavy atom.